The Bertz CT molecular complexity index is 390. The van der Waals surface area contributed by atoms with E-state index in [1.165, 1.54) is 0 Å². The van der Waals surface area contributed by atoms with Gasteiger partial charge >= 0.3 is 5.69 Å². The Morgan fingerprint density at radius 2 is 2.13 bits per heavy atom. The second kappa shape index (κ2) is 4.14. The molecule has 0 saturated heterocycles. The summed E-state index contributed by atoms with van der Waals surface area (Å²) in [4.78, 5) is 15.2. The van der Waals surface area contributed by atoms with Gasteiger partial charge in [-0.3, -0.25) is 4.57 Å². The predicted octanol–water partition coefficient (Wildman–Crippen LogP) is 0.925. The van der Waals surface area contributed by atoms with Crippen molar-refractivity contribution in [1.82, 2.24) is 9.55 Å². The average molecular weight is 209 g/mol. The Hall–Kier alpha value is -1.16. The molecule has 0 aliphatic carbocycles. The van der Waals surface area contributed by atoms with E-state index in [9.17, 15) is 4.79 Å². The van der Waals surface area contributed by atoms with Crippen molar-refractivity contribution in [3.05, 3.63) is 28.4 Å². The van der Waals surface area contributed by atoms with Crippen LogP contribution in [-0.4, -0.2) is 15.6 Å². The van der Waals surface area contributed by atoms with E-state index in [-0.39, 0.29) is 17.1 Å². The lowest BCUT2D eigenvalue weighted by molar-refractivity contribution is 0.288. The van der Waals surface area contributed by atoms with E-state index >= 15 is 0 Å². The standard InChI is InChI=1S/C11H19N3O/c1-8-5-13-10(15)14(6-8)7-9(12)11(2,3)4/h5-6,9H,7,12H2,1-4H3. The molecule has 4 nitrogen and oxygen atoms in total. The van der Waals surface area contributed by atoms with Crippen molar-refractivity contribution in [2.75, 3.05) is 0 Å². The van der Waals surface area contributed by atoms with Gasteiger partial charge in [-0.15, -0.1) is 0 Å². The van der Waals surface area contributed by atoms with Crippen LogP contribution in [0.25, 0.3) is 0 Å². The molecule has 2 N–H and O–H groups in total. The Labute approximate surface area is 90.1 Å². The summed E-state index contributed by atoms with van der Waals surface area (Å²) in [6, 6.07) is -0.0567. The zero-order chi connectivity index (χ0) is 11.6. The number of aromatic nitrogens is 2. The van der Waals surface area contributed by atoms with Crippen molar-refractivity contribution in [1.29, 1.82) is 0 Å². The van der Waals surface area contributed by atoms with Crippen LogP contribution in [0.1, 0.15) is 26.3 Å². The highest BCUT2D eigenvalue weighted by Gasteiger charge is 2.21. The molecule has 1 rings (SSSR count). The third-order valence-corrected chi connectivity index (χ3v) is 2.49. The highest BCUT2D eigenvalue weighted by atomic mass is 16.1. The molecule has 1 heterocycles. The summed E-state index contributed by atoms with van der Waals surface area (Å²) < 4.78 is 1.57. The number of hydrogen-bond donors (Lipinski definition) is 1. The van der Waals surface area contributed by atoms with E-state index in [0.29, 0.717) is 6.54 Å². The summed E-state index contributed by atoms with van der Waals surface area (Å²) in [6.07, 6.45) is 3.36. The van der Waals surface area contributed by atoms with Crippen LogP contribution in [0.15, 0.2) is 17.2 Å². The molecule has 15 heavy (non-hydrogen) atoms. The van der Waals surface area contributed by atoms with Gasteiger partial charge < -0.3 is 5.73 Å². The van der Waals surface area contributed by atoms with Crippen molar-refractivity contribution in [3.63, 3.8) is 0 Å². The van der Waals surface area contributed by atoms with E-state index in [4.69, 9.17) is 5.73 Å². The number of hydrogen-bond acceptors (Lipinski definition) is 3. The molecule has 1 aromatic heterocycles. The normalized spacial score (nSPS) is 13.9. The first kappa shape index (κ1) is 11.9. The van der Waals surface area contributed by atoms with Gasteiger partial charge in [-0.1, -0.05) is 20.8 Å². The summed E-state index contributed by atoms with van der Waals surface area (Å²) in [6.45, 7) is 8.60. The number of nitrogens with zero attached hydrogens (tertiary/aromatic N) is 2. The summed E-state index contributed by atoms with van der Waals surface area (Å²) in [7, 11) is 0. The van der Waals surface area contributed by atoms with Gasteiger partial charge in [0.15, 0.2) is 0 Å². The lowest BCUT2D eigenvalue weighted by Crippen LogP contribution is -2.41. The fourth-order valence-corrected chi connectivity index (χ4v) is 1.18. The maximum atomic E-state index is 11.4. The van der Waals surface area contributed by atoms with Crippen LogP contribution in [0.4, 0.5) is 0 Å². The van der Waals surface area contributed by atoms with Crippen LogP contribution in [0.5, 0.6) is 0 Å². The molecule has 1 atom stereocenters. The van der Waals surface area contributed by atoms with E-state index < -0.39 is 0 Å². The molecule has 0 bridgehead atoms. The van der Waals surface area contributed by atoms with Crippen LogP contribution in [0.3, 0.4) is 0 Å². The van der Waals surface area contributed by atoms with Crippen molar-refractivity contribution in [2.45, 2.75) is 40.3 Å². The minimum atomic E-state index is -0.236. The minimum absolute atomic E-state index is 0.0107. The quantitative estimate of drug-likeness (QED) is 0.788. The maximum absolute atomic E-state index is 11.4. The molecule has 0 amide bonds. The largest absolute Gasteiger partial charge is 0.347 e. The van der Waals surface area contributed by atoms with E-state index in [1.54, 1.807) is 17.0 Å². The number of aryl methyl sites for hydroxylation is 1. The molecule has 0 aliphatic heterocycles. The van der Waals surface area contributed by atoms with Crippen LogP contribution in [-0.2, 0) is 6.54 Å². The molecule has 0 radical (unpaired) electrons. The van der Waals surface area contributed by atoms with Gasteiger partial charge in [0.05, 0.1) is 0 Å². The van der Waals surface area contributed by atoms with E-state index in [1.807, 2.05) is 6.92 Å². The zero-order valence-corrected chi connectivity index (χ0v) is 9.82. The second-order valence-corrected chi connectivity index (χ2v) is 5.04. The van der Waals surface area contributed by atoms with Gasteiger partial charge in [-0.2, -0.15) is 0 Å². The third kappa shape index (κ3) is 3.16. The lowest BCUT2D eigenvalue weighted by Gasteiger charge is -2.27. The highest BCUT2D eigenvalue weighted by molar-refractivity contribution is 5.00. The molecule has 1 aromatic rings. The van der Waals surface area contributed by atoms with E-state index in [2.05, 4.69) is 25.8 Å². The first-order valence-corrected chi connectivity index (χ1v) is 5.09. The molecular formula is C11H19N3O. The van der Waals surface area contributed by atoms with Crippen molar-refractivity contribution in [2.24, 2.45) is 11.1 Å². The number of nitrogens with two attached hydrogens (primary N) is 1. The molecule has 0 fully saturated rings. The van der Waals surface area contributed by atoms with Crippen LogP contribution in [0, 0.1) is 12.3 Å². The maximum Gasteiger partial charge on any atom is 0.347 e. The molecule has 0 aromatic carbocycles. The SMILES string of the molecule is Cc1cnc(=O)n(CC(N)C(C)(C)C)c1. The Balaban J connectivity index is 2.90. The lowest BCUT2D eigenvalue weighted by atomic mass is 9.87. The Kier molecular flexibility index (Phi) is 3.29. The fourth-order valence-electron chi connectivity index (χ4n) is 1.18. The molecule has 1 unspecified atom stereocenters. The van der Waals surface area contributed by atoms with Crippen LogP contribution >= 0.6 is 0 Å². The molecule has 0 aliphatic rings. The number of rotatable bonds is 2. The highest BCUT2D eigenvalue weighted by Crippen LogP contribution is 2.18. The van der Waals surface area contributed by atoms with Crippen LogP contribution in [0.2, 0.25) is 0 Å². The monoisotopic (exact) mass is 209 g/mol. The fraction of sp³-hybridized carbons (Fsp3) is 0.636. The van der Waals surface area contributed by atoms with Gasteiger partial charge in [0.1, 0.15) is 0 Å². The predicted molar refractivity (Wildman–Crippen MR) is 60.7 cm³/mol. The van der Waals surface area contributed by atoms with Crippen molar-refractivity contribution < 1.29 is 0 Å². The molecule has 4 heteroatoms. The average Bonchev–Trinajstić information content (AvgIpc) is 2.09. The summed E-state index contributed by atoms with van der Waals surface area (Å²) in [5.41, 5.74) is 6.74. The first-order chi connectivity index (χ1) is 6.80. The molecule has 84 valence electrons. The van der Waals surface area contributed by atoms with Crippen LogP contribution < -0.4 is 11.4 Å². The summed E-state index contributed by atoms with van der Waals surface area (Å²) >= 11 is 0. The Morgan fingerprint density at radius 3 is 2.67 bits per heavy atom. The van der Waals surface area contributed by atoms with Crippen molar-refractivity contribution in [3.8, 4) is 0 Å². The van der Waals surface area contributed by atoms with E-state index in [0.717, 1.165) is 5.56 Å². The Morgan fingerprint density at radius 1 is 1.53 bits per heavy atom. The molecular weight excluding hydrogens is 190 g/mol. The van der Waals surface area contributed by atoms with Gasteiger partial charge in [-0.05, 0) is 17.9 Å². The molecule has 0 spiro atoms. The van der Waals surface area contributed by atoms with Gasteiger partial charge in [0.25, 0.3) is 0 Å². The van der Waals surface area contributed by atoms with Crippen molar-refractivity contribution >= 4 is 0 Å². The third-order valence-electron chi connectivity index (χ3n) is 2.49. The minimum Gasteiger partial charge on any atom is -0.326 e. The smallest absolute Gasteiger partial charge is 0.326 e. The van der Waals surface area contributed by atoms with Gasteiger partial charge in [0, 0.05) is 25.0 Å². The van der Waals surface area contributed by atoms with Gasteiger partial charge in [-0.25, -0.2) is 9.78 Å². The van der Waals surface area contributed by atoms with Gasteiger partial charge in [0.2, 0.25) is 0 Å². The second-order valence-electron chi connectivity index (χ2n) is 5.04. The summed E-state index contributed by atoms with van der Waals surface area (Å²) in [5.74, 6) is 0. The molecule has 0 saturated carbocycles. The summed E-state index contributed by atoms with van der Waals surface area (Å²) in [5, 5.41) is 0. The zero-order valence-electron chi connectivity index (χ0n) is 9.82. The topological polar surface area (TPSA) is 60.9 Å². The first-order valence-electron chi connectivity index (χ1n) is 5.09.